The summed E-state index contributed by atoms with van der Waals surface area (Å²) >= 11 is 0. The first kappa shape index (κ1) is 9.47. The molecule has 2 nitrogen and oxygen atoms in total. The molecule has 0 aromatic heterocycles. The van der Waals surface area contributed by atoms with E-state index in [9.17, 15) is 0 Å². The summed E-state index contributed by atoms with van der Waals surface area (Å²) in [7, 11) is 0. The van der Waals surface area contributed by atoms with Gasteiger partial charge in [-0.05, 0) is 31.6 Å². The molecule has 0 amide bonds. The summed E-state index contributed by atoms with van der Waals surface area (Å²) in [6, 6.07) is 0.610. The second-order valence-corrected chi connectivity index (χ2v) is 4.84. The largest absolute Gasteiger partial charge is 0.381 e. The molecule has 0 aromatic carbocycles. The molecule has 0 atom stereocenters. The van der Waals surface area contributed by atoms with E-state index >= 15 is 0 Å². The SMILES string of the molecule is CC(C)NC1(C2CC2)CCOCC1. The smallest absolute Gasteiger partial charge is 0.0483 e. The van der Waals surface area contributed by atoms with Gasteiger partial charge in [0.25, 0.3) is 0 Å². The third kappa shape index (κ3) is 2.05. The highest BCUT2D eigenvalue weighted by atomic mass is 16.5. The molecule has 0 unspecified atom stereocenters. The van der Waals surface area contributed by atoms with Crippen molar-refractivity contribution in [2.45, 2.75) is 51.1 Å². The third-order valence-electron chi connectivity index (χ3n) is 3.32. The predicted octanol–water partition coefficient (Wildman–Crippen LogP) is 1.94. The fourth-order valence-electron chi connectivity index (χ4n) is 2.62. The van der Waals surface area contributed by atoms with E-state index in [1.807, 2.05) is 0 Å². The highest BCUT2D eigenvalue weighted by Crippen LogP contribution is 2.45. The molecule has 1 saturated carbocycles. The number of hydrogen-bond donors (Lipinski definition) is 1. The van der Waals surface area contributed by atoms with Crippen molar-refractivity contribution >= 4 is 0 Å². The van der Waals surface area contributed by atoms with E-state index in [-0.39, 0.29) is 0 Å². The van der Waals surface area contributed by atoms with Crippen LogP contribution in [0.25, 0.3) is 0 Å². The van der Waals surface area contributed by atoms with Gasteiger partial charge in [-0.2, -0.15) is 0 Å². The summed E-state index contributed by atoms with van der Waals surface area (Å²) < 4.78 is 5.44. The quantitative estimate of drug-likeness (QED) is 0.722. The maximum absolute atomic E-state index is 5.44. The maximum atomic E-state index is 5.44. The minimum atomic E-state index is 0.437. The Kier molecular flexibility index (Phi) is 2.61. The number of ether oxygens (including phenoxy) is 1. The Bertz CT molecular complexity index is 169. The van der Waals surface area contributed by atoms with Crippen molar-refractivity contribution in [3.8, 4) is 0 Å². The fraction of sp³-hybridized carbons (Fsp3) is 1.00. The first-order valence-corrected chi connectivity index (χ1v) is 5.58. The van der Waals surface area contributed by atoms with Crippen molar-refractivity contribution in [1.29, 1.82) is 0 Å². The normalized spacial score (nSPS) is 27.9. The lowest BCUT2D eigenvalue weighted by Gasteiger charge is -2.40. The van der Waals surface area contributed by atoms with E-state index in [1.54, 1.807) is 0 Å². The second-order valence-electron chi connectivity index (χ2n) is 4.84. The van der Waals surface area contributed by atoms with Crippen LogP contribution in [0, 0.1) is 5.92 Å². The van der Waals surface area contributed by atoms with E-state index < -0.39 is 0 Å². The zero-order valence-corrected chi connectivity index (χ0v) is 8.81. The van der Waals surface area contributed by atoms with Crippen molar-refractivity contribution in [2.75, 3.05) is 13.2 Å². The molecule has 0 radical (unpaired) electrons. The molecule has 1 N–H and O–H groups in total. The fourth-order valence-corrected chi connectivity index (χ4v) is 2.62. The highest BCUT2D eigenvalue weighted by Gasteiger charge is 2.45. The van der Waals surface area contributed by atoms with Crippen molar-refractivity contribution in [1.82, 2.24) is 5.32 Å². The molecular weight excluding hydrogens is 162 g/mol. The van der Waals surface area contributed by atoms with E-state index in [1.165, 1.54) is 25.7 Å². The minimum absolute atomic E-state index is 0.437. The molecular formula is C11H21NO. The van der Waals surface area contributed by atoms with Crippen LogP contribution in [0.15, 0.2) is 0 Å². The van der Waals surface area contributed by atoms with Gasteiger partial charge in [-0.25, -0.2) is 0 Å². The summed E-state index contributed by atoms with van der Waals surface area (Å²) in [4.78, 5) is 0. The average Bonchev–Trinajstić information content (AvgIpc) is 2.86. The lowest BCUT2D eigenvalue weighted by molar-refractivity contribution is 0.0252. The molecule has 13 heavy (non-hydrogen) atoms. The number of rotatable bonds is 3. The van der Waals surface area contributed by atoms with Gasteiger partial charge in [-0.1, -0.05) is 13.8 Å². The Balaban J connectivity index is 2.00. The van der Waals surface area contributed by atoms with Crippen LogP contribution < -0.4 is 5.32 Å². The van der Waals surface area contributed by atoms with Gasteiger partial charge in [-0.15, -0.1) is 0 Å². The predicted molar refractivity (Wildman–Crippen MR) is 53.8 cm³/mol. The highest BCUT2D eigenvalue weighted by molar-refractivity contribution is 5.02. The number of nitrogens with one attached hydrogen (secondary N) is 1. The first-order valence-electron chi connectivity index (χ1n) is 5.58. The second kappa shape index (κ2) is 3.58. The van der Waals surface area contributed by atoms with Crippen molar-refractivity contribution in [3.05, 3.63) is 0 Å². The van der Waals surface area contributed by atoms with Crippen molar-refractivity contribution in [3.63, 3.8) is 0 Å². The molecule has 0 aromatic rings. The molecule has 0 spiro atoms. The van der Waals surface area contributed by atoms with Gasteiger partial charge in [0.2, 0.25) is 0 Å². The van der Waals surface area contributed by atoms with Crippen LogP contribution in [0.2, 0.25) is 0 Å². The van der Waals surface area contributed by atoms with Crippen LogP contribution in [0.5, 0.6) is 0 Å². The topological polar surface area (TPSA) is 21.3 Å². The summed E-state index contributed by atoms with van der Waals surface area (Å²) in [6.45, 7) is 6.41. The van der Waals surface area contributed by atoms with Gasteiger partial charge in [0.05, 0.1) is 0 Å². The van der Waals surface area contributed by atoms with E-state index in [0.29, 0.717) is 11.6 Å². The van der Waals surface area contributed by atoms with Gasteiger partial charge in [-0.3, -0.25) is 0 Å². The lowest BCUT2D eigenvalue weighted by atomic mass is 9.84. The van der Waals surface area contributed by atoms with E-state index in [2.05, 4.69) is 19.2 Å². The van der Waals surface area contributed by atoms with Crippen LogP contribution in [-0.4, -0.2) is 24.8 Å². The molecule has 1 aliphatic heterocycles. The van der Waals surface area contributed by atoms with Gasteiger partial charge >= 0.3 is 0 Å². The van der Waals surface area contributed by atoms with Gasteiger partial charge in [0, 0.05) is 24.8 Å². The van der Waals surface area contributed by atoms with Crippen LogP contribution in [0.4, 0.5) is 0 Å². The third-order valence-corrected chi connectivity index (χ3v) is 3.32. The van der Waals surface area contributed by atoms with Gasteiger partial charge < -0.3 is 10.1 Å². The zero-order chi connectivity index (χ0) is 9.31. The summed E-state index contributed by atoms with van der Waals surface area (Å²) in [5, 5.41) is 3.78. The Morgan fingerprint density at radius 1 is 1.23 bits per heavy atom. The Hall–Kier alpha value is -0.0800. The molecule has 1 heterocycles. The average molecular weight is 183 g/mol. The molecule has 2 fully saturated rings. The standard InChI is InChI=1S/C11H21NO/c1-9(2)12-11(10-3-4-10)5-7-13-8-6-11/h9-10,12H,3-8H2,1-2H3. The maximum Gasteiger partial charge on any atom is 0.0483 e. The molecule has 2 aliphatic rings. The van der Waals surface area contributed by atoms with Crippen molar-refractivity contribution in [2.24, 2.45) is 5.92 Å². The first-order chi connectivity index (χ1) is 6.23. The van der Waals surface area contributed by atoms with Gasteiger partial charge in [0.1, 0.15) is 0 Å². The van der Waals surface area contributed by atoms with Gasteiger partial charge in [0.15, 0.2) is 0 Å². The van der Waals surface area contributed by atoms with E-state index in [4.69, 9.17) is 4.74 Å². The molecule has 76 valence electrons. The van der Waals surface area contributed by atoms with Crippen LogP contribution >= 0.6 is 0 Å². The summed E-state index contributed by atoms with van der Waals surface area (Å²) in [6.07, 6.45) is 5.30. The Morgan fingerprint density at radius 2 is 1.85 bits per heavy atom. The van der Waals surface area contributed by atoms with Crippen LogP contribution in [0.3, 0.4) is 0 Å². The summed E-state index contributed by atoms with van der Waals surface area (Å²) in [5.41, 5.74) is 0.437. The summed E-state index contributed by atoms with van der Waals surface area (Å²) in [5.74, 6) is 0.943. The molecule has 1 saturated heterocycles. The Labute approximate surface area is 81.0 Å². The number of hydrogen-bond acceptors (Lipinski definition) is 2. The van der Waals surface area contributed by atoms with E-state index in [0.717, 1.165) is 19.1 Å². The van der Waals surface area contributed by atoms with Crippen LogP contribution in [-0.2, 0) is 4.74 Å². The van der Waals surface area contributed by atoms with Crippen molar-refractivity contribution < 1.29 is 4.74 Å². The monoisotopic (exact) mass is 183 g/mol. The minimum Gasteiger partial charge on any atom is -0.381 e. The zero-order valence-electron chi connectivity index (χ0n) is 8.81. The van der Waals surface area contributed by atoms with Crippen LogP contribution in [0.1, 0.15) is 39.5 Å². The molecule has 2 rings (SSSR count). The molecule has 2 heteroatoms. The molecule has 1 aliphatic carbocycles. The Morgan fingerprint density at radius 3 is 2.31 bits per heavy atom. The lowest BCUT2D eigenvalue weighted by Crippen LogP contribution is -2.53. The molecule has 0 bridgehead atoms.